The SMILES string of the molecule is C=C1CC[C@H]2C(=C)[C@H](O)C[C@H]3C(=C)C(=O)O[C@@H]3[C@@H]12. The third kappa shape index (κ3) is 1.43. The molecular formula is C15H18O3. The molecule has 2 aliphatic carbocycles. The van der Waals surface area contributed by atoms with Crippen LogP contribution in [-0.2, 0) is 9.53 Å². The highest BCUT2D eigenvalue weighted by atomic mass is 16.6. The average Bonchev–Trinajstić information content (AvgIpc) is 2.80. The maximum atomic E-state index is 11.7. The summed E-state index contributed by atoms with van der Waals surface area (Å²) in [5.74, 6) is -0.0960. The van der Waals surface area contributed by atoms with Crippen molar-refractivity contribution >= 4 is 5.97 Å². The molecule has 0 spiro atoms. The molecule has 0 aromatic heterocycles. The average molecular weight is 246 g/mol. The van der Waals surface area contributed by atoms with Gasteiger partial charge in [-0.2, -0.15) is 0 Å². The quantitative estimate of drug-likeness (QED) is 0.404. The van der Waals surface area contributed by atoms with Crippen molar-refractivity contribution in [3.8, 4) is 0 Å². The molecule has 3 heteroatoms. The first-order valence-electron chi connectivity index (χ1n) is 6.45. The van der Waals surface area contributed by atoms with Gasteiger partial charge in [-0.25, -0.2) is 4.79 Å². The fourth-order valence-corrected chi connectivity index (χ4v) is 3.72. The van der Waals surface area contributed by atoms with Crippen molar-refractivity contribution in [2.75, 3.05) is 0 Å². The van der Waals surface area contributed by atoms with Crippen LogP contribution in [0.25, 0.3) is 0 Å². The van der Waals surface area contributed by atoms with Crippen molar-refractivity contribution in [1.82, 2.24) is 0 Å². The van der Waals surface area contributed by atoms with Gasteiger partial charge in [0.15, 0.2) is 0 Å². The molecule has 1 heterocycles. The number of fused-ring (bicyclic) bond motifs is 3. The molecule has 5 atom stereocenters. The van der Waals surface area contributed by atoms with Crippen LogP contribution in [0.3, 0.4) is 0 Å². The Kier molecular flexibility index (Phi) is 2.49. The fourth-order valence-electron chi connectivity index (χ4n) is 3.72. The van der Waals surface area contributed by atoms with Gasteiger partial charge in [0.1, 0.15) is 6.10 Å². The fraction of sp³-hybridized carbons (Fsp3) is 0.533. The normalized spacial score (nSPS) is 43.5. The van der Waals surface area contributed by atoms with Crippen LogP contribution in [-0.4, -0.2) is 23.3 Å². The number of ether oxygens (including phenoxy) is 1. The topological polar surface area (TPSA) is 46.5 Å². The number of hydrogen-bond donors (Lipinski definition) is 1. The molecule has 1 N–H and O–H groups in total. The van der Waals surface area contributed by atoms with E-state index in [1.165, 1.54) is 0 Å². The number of carbonyl (C=O) groups is 1. The number of esters is 1. The van der Waals surface area contributed by atoms with Gasteiger partial charge in [0.2, 0.25) is 0 Å². The van der Waals surface area contributed by atoms with Crippen LogP contribution in [0.1, 0.15) is 19.3 Å². The third-order valence-corrected chi connectivity index (χ3v) is 4.77. The standard InChI is InChI=1S/C15H18O3/c1-7-4-5-10-8(2)12(16)6-11-9(3)15(17)18-14(11)13(7)10/h10-14,16H,1-6H2/t10-,11-,12+,13-,14-/m0/s1. The summed E-state index contributed by atoms with van der Waals surface area (Å²) >= 11 is 0. The lowest BCUT2D eigenvalue weighted by atomic mass is 9.82. The zero-order chi connectivity index (χ0) is 13.0. The van der Waals surface area contributed by atoms with Crippen LogP contribution in [0, 0.1) is 17.8 Å². The summed E-state index contributed by atoms with van der Waals surface area (Å²) < 4.78 is 5.49. The molecule has 96 valence electrons. The Bertz CT molecular complexity index is 462. The molecule has 0 aromatic carbocycles. The second kappa shape index (κ2) is 3.82. The van der Waals surface area contributed by atoms with Crippen molar-refractivity contribution in [3.63, 3.8) is 0 Å². The van der Waals surface area contributed by atoms with E-state index in [0.717, 1.165) is 24.0 Å². The molecule has 3 aliphatic rings. The summed E-state index contributed by atoms with van der Waals surface area (Å²) in [7, 11) is 0. The first-order valence-corrected chi connectivity index (χ1v) is 6.45. The van der Waals surface area contributed by atoms with Crippen molar-refractivity contribution < 1.29 is 14.6 Å². The molecule has 1 aliphatic heterocycles. The van der Waals surface area contributed by atoms with Crippen LogP contribution in [0.4, 0.5) is 0 Å². The molecule has 18 heavy (non-hydrogen) atoms. The van der Waals surface area contributed by atoms with Gasteiger partial charge in [0, 0.05) is 17.4 Å². The van der Waals surface area contributed by atoms with Gasteiger partial charge in [0.25, 0.3) is 0 Å². The Hall–Kier alpha value is -1.35. The van der Waals surface area contributed by atoms with Crippen molar-refractivity contribution in [2.24, 2.45) is 17.8 Å². The maximum absolute atomic E-state index is 11.7. The summed E-state index contributed by atoms with van der Waals surface area (Å²) in [6.45, 7) is 12.0. The van der Waals surface area contributed by atoms with Gasteiger partial charge < -0.3 is 9.84 Å². The molecule has 0 aromatic rings. The van der Waals surface area contributed by atoms with E-state index >= 15 is 0 Å². The van der Waals surface area contributed by atoms with Crippen LogP contribution in [0.15, 0.2) is 36.5 Å². The Morgan fingerprint density at radius 1 is 1.22 bits per heavy atom. The second-order valence-corrected chi connectivity index (χ2v) is 5.66. The lowest BCUT2D eigenvalue weighted by molar-refractivity contribution is -0.141. The van der Waals surface area contributed by atoms with Gasteiger partial charge in [-0.3, -0.25) is 0 Å². The Balaban J connectivity index is 2.04. The summed E-state index contributed by atoms with van der Waals surface area (Å²) in [5, 5.41) is 10.2. The largest absolute Gasteiger partial charge is 0.458 e. The van der Waals surface area contributed by atoms with E-state index in [0.29, 0.717) is 12.0 Å². The second-order valence-electron chi connectivity index (χ2n) is 5.66. The van der Waals surface area contributed by atoms with E-state index in [1.54, 1.807) is 0 Å². The van der Waals surface area contributed by atoms with Gasteiger partial charge in [-0.1, -0.05) is 25.3 Å². The smallest absolute Gasteiger partial charge is 0.334 e. The molecule has 3 fully saturated rings. The van der Waals surface area contributed by atoms with Crippen LogP contribution >= 0.6 is 0 Å². The van der Waals surface area contributed by atoms with Crippen molar-refractivity contribution in [2.45, 2.75) is 31.5 Å². The summed E-state index contributed by atoms with van der Waals surface area (Å²) in [6, 6.07) is 0. The minimum Gasteiger partial charge on any atom is -0.458 e. The van der Waals surface area contributed by atoms with Crippen molar-refractivity contribution in [1.29, 1.82) is 0 Å². The summed E-state index contributed by atoms with van der Waals surface area (Å²) in [4.78, 5) is 11.7. The summed E-state index contributed by atoms with van der Waals surface area (Å²) in [6.07, 6.45) is 1.61. The third-order valence-electron chi connectivity index (χ3n) is 4.77. The molecule has 3 rings (SSSR count). The van der Waals surface area contributed by atoms with Gasteiger partial charge >= 0.3 is 5.97 Å². The molecule has 3 nitrogen and oxygen atoms in total. The number of carbonyl (C=O) groups excluding carboxylic acids is 1. The van der Waals surface area contributed by atoms with Crippen LogP contribution in [0.5, 0.6) is 0 Å². The van der Waals surface area contributed by atoms with E-state index in [-0.39, 0.29) is 29.8 Å². The lowest BCUT2D eigenvalue weighted by Crippen LogP contribution is -2.28. The number of aliphatic hydroxyl groups is 1. The molecule has 1 saturated heterocycles. The molecule has 0 radical (unpaired) electrons. The monoisotopic (exact) mass is 246 g/mol. The minimum absolute atomic E-state index is 0.0888. The zero-order valence-corrected chi connectivity index (χ0v) is 10.4. The molecule has 0 unspecified atom stereocenters. The number of aliphatic hydroxyl groups excluding tert-OH is 1. The van der Waals surface area contributed by atoms with E-state index in [2.05, 4.69) is 19.7 Å². The molecular weight excluding hydrogens is 228 g/mol. The maximum Gasteiger partial charge on any atom is 0.334 e. The summed E-state index contributed by atoms with van der Waals surface area (Å²) in [5.41, 5.74) is 2.48. The Morgan fingerprint density at radius 3 is 2.67 bits per heavy atom. The zero-order valence-electron chi connectivity index (χ0n) is 10.4. The van der Waals surface area contributed by atoms with Crippen molar-refractivity contribution in [3.05, 3.63) is 36.5 Å². The predicted octanol–water partition coefficient (Wildman–Crippen LogP) is 1.99. The van der Waals surface area contributed by atoms with E-state index in [4.69, 9.17) is 4.74 Å². The highest BCUT2D eigenvalue weighted by Gasteiger charge is 2.52. The molecule has 0 bridgehead atoms. The highest BCUT2D eigenvalue weighted by Crippen LogP contribution is 2.51. The Labute approximate surface area is 107 Å². The van der Waals surface area contributed by atoms with Crippen LogP contribution < -0.4 is 0 Å². The first kappa shape index (κ1) is 11.7. The van der Waals surface area contributed by atoms with Gasteiger partial charge in [-0.05, 0) is 30.8 Å². The lowest BCUT2D eigenvalue weighted by Gasteiger charge is -2.26. The number of hydrogen-bond acceptors (Lipinski definition) is 3. The van der Waals surface area contributed by atoms with Crippen LogP contribution in [0.2, 0.25) is 0 Å². The first-order chi connectivity index (χ1) is 8.50. The van der Waals surface area contributed by atoms with E-state index in [1.807, 2.05) is 0 Å². The minimum atomic E-state index is -0.565. The molecule has 2 saturated carbocycles. The Morgan fingerprint density at radius 2 is 1.94 bits per heavy atom. The highest BCUT2D eigenvalue weighted by molar-refractivity contribution is 5.91. The number of rotatable bonds is 0. The predicted molar refractivity (Wildman–Crippen MR) is 67.6 cm³/mol. The van der Waals surface area contributed by atoms with E-state index < -0.39 is 6.10 Å². The van der Waals surface area contributed by atoms with E-state index in [9.17, 15) is 9.90 Å². The molecule has 0 amide bonds. The van der Waals surface area contributed by atoms with Gasteiger partial charge in [0.05, 0.1) is 6.10 Å². The van der Waals surface area contributed by atoms with Gasteiger partial charge in [-0.15, -0.1) is 0 Å².